The van der Waals surface area contributed by atoms with Crippen molar-refractivity contribution in [2.45, 2.75) is 26.3 Å². The lowest BCUT2D eigenvalue weighted by atomic mass is 10.0. The van der Waals surface area contributed by atoms with E-state index in [2.05, 4.69) is 25.6 Å². The molecular formula is C21H21N5O2. The van der Waals surface area contributed by atoms with Gasteiger partial charge in [0.05, 0.1) is 30.8 Å². The van der Waals surface area contributed by atoms with Crippen molar-refractivity contribution < 1.29 is 9.53 Å². The lowest BCUT2D eigenvalue weighted by molar-refractivity contribution is -0.120. The number of amides is 1. The normalized spacial score (nSPS) is 16.5. The van der Waals surface area contributed by atoms with E-state index in [4.69, 9.17) is 4.74 Å². The molecule has 2 aromatic carbocycles. The van der Waals surface area contributed by atoms with Crippen molar-refractivity contribution in [2.24, 2.45) is 4.99 Å². The first-order chi connectivity index (χ1) is 13.5. The molecule has 0 aliphatic carbocycles. The third kappa shape index (κ3) is 3.64. The summed E-state index contributed by atoms with van der Waals surface area (Å²) in [6, 6.07) is 13.4. The third-order valence-corrected chi connectivity index (χ3v) is 4.70. The number of guanidine groups is 1. The minimum absolute atomic E-state index is 0.105. The number of carbonyl (C=O) groups is 1. The number of aryl methyl sites for hydroxylation is 2. The van der Waals surface area contributed by atoms with Gasteiger partial charge in [-0.05, 0) is 43.2 Å². The number of nitrogens with one attached hydrogen (secondary N) is 2. The Kier molecular flexibility index (Phi) is 4.65. The van der Waals surface area contributed by atoms with Crippen molar-refractivity contribution in [3.63, 3.8) is 0 Å². The van der Waals surface area contributed by atoms with Gasteiger partial charge in [-0.15, -0.1) is 0 Å². The summed E-state index contributed by atoms with van der Waals surface area (Å²) in [7, 11) is 1.62. The lowest BCUT2D eigenvalue weighted by Crippen LogP contribution is -2.40. The van der Waals surface area contributed by atoms with Gasteiger partial charge >= 0.3 is 0 Å². The van der Waals surface area contributed by atoms with E-state index in [9.17, 15) is 4.79 Å². The molecule has 0 radical (unpaired) electrons. The predicted molar refractivity (Wildman–Crippen MR) is 109 cm³/mol. The van der Waals surface area contributed by atoms with Crippen LogP contribution in [0.15, 0.2) is 47.5 Å². The highest BCUT2D eigenvalue weighted by molar-refractivity contribution is 6.05. The number of hydrogen-bond acceptors (Lipinski definition) is 6. The number of methoxy groups -OCH3 is 1. The highest BCUT2D eigenvalue weighted by atomic mass is 16.5. The van der Waals surface area contributed by atoms with Crippen LogP contribution in [0.1, 0.15) is 29.3 Å². The number of nitrogens with zero attached hydrogens (tertiary/aromatic N) is 3. The highest BCUT2D eigenvalue weighted by Gasteiger charge is 2.23. The zero-order valence-electron chi connectivity index (χ0n) is 16.0. The van der Waals surface area contributed by atoms with Gasteiger partial charge < -0.3 is 4.74 Å². The van der Waals surface area contributed by atoms with Crippen molar-refractivity contribution >= 4 is 28.7 Å². The fourth-order valence-corrected chi connectivity index (χ4v) is 3.23. The molecule has 7 heteroatoms. The monoisotopic (exact) mass is 375 g/mol. The van der Waals surface area contributed by atoms with Crippen LogP contribution in [0.3, 0.4) is 0 Å². The Labute approximate surface area is 162 Å². The summed E-state index contributed by atoms with van der Waals surface area (Å²) in [5.41, 5.74) is 3.78. The first kappa shape index (κ1) is 17.9. The van der Waals surface area contributed by atoms with E-state index in [-0.39, 0.29) is 18.4 Å². The fraction of sp³-hybridized carbons (Fsp3) is 0.238. The first-order valence-electron chi connectivity index (χ1n) is 9.05. The van der Waals surface area contributed by atoms with Gasteiger partial charge in [-0.3, -0.25) is 15.4 Å². The van der Waals surface area contributed by atoms with Crippen molar-refractivity contribution in [3.05, 3.63) is 59.3 Å². The van der Waals surface area contributed by atoms with Gasteiger partial charge in [-0.1, -0.05) is 24.3 Å². The van der Waals surface area contributed by atoms with Crippen LogP contribution in [0.4, 0.5) is 5.95 Å². The minimum atomic E-state index is -0.272. The second-order valence-electron chi connectivity index (χ2n) is 6.80. The lowest BCUT2D eigenvalue weighted by Gasteiger charge is -2.21. The predicted octanol–water partition coefficient (Wildman–Crippen LogP) is 3.28. The van der Waals surface area contributed by atoms with Crippen LogP contribution in [-0.4, -0.2) is 28.9 Å². The van der Waals surface area contributed by atoms with Crippen molar-refractivity contribution in [1.82, 2.24) is 15.3 Å². The molecule has 0 bridgehead atoms. The summed E-state index contributed by atoms with van der Waals surface area (Å²) < 4.78 is 5.19. The molecule has 4 rings (SSSR count). The average Bonchev–Trinajstić information content (AvgIpc) is 2.67. The van der Waals surface area contributed by atoms with Crippen LogP contribution in [-0.2, 0) is 4.79 Å². The molecule has 2 heterocycles. The van der Waals surface area contributed by atoms with E-state index in [1.165, 1.54) is 0 Å². The molecule has 28 heavy (non-hydrogen) atoms. The summed E-state index contributed by atoms with van der Waals surface area (Å²) in [5, 5.41) is 6.82. The molecule has 0 spiro atoms. The maximum atomic E-state index is 12.2. The zero-order chi connectivity index (χ0) is 19.7. The van der Waals surface area contributed by atoms with Crippen molar-refractivity contribution in [2.75, 3.05) is 12.4 Å². The number of hydrogen-bond donors (Lipinski definition) is 2. The molecule has 3 aromatic rings. The number of anilines is 1. The van der Waals surface area contributed by atoms with Crippen molar-refractivity contribution in [1.29, 1.82) is 0 Å². The standard InChI is InChI=1S/C21H21N5O2/c1-12-4-9-16-13(2)22-20(24-18(16)10-12)26-21-23-17(11-19(27)25-21)14-5-7-15(28-3)8-6-14/h4-10,17H,11H2,1-3H3,(H2,22,23,24,25,26,27)/t17-/m1/s1. The SMILES string of the molecule is COc1ccc([C@H]2CC(=O)NC(Nc3nc(C)c4ccc(C)cc4n3)=N2)cc1. The van der Waals surface area contributed by atoms with Gasteiger partial charge in [0.2, 0.25) is 17.8 Å². The van der Waals surface area contributed by atoms with E-state index >= 15 is 0 Å². The van der Waals surface area contributed by atoms with Gasteiger partial charge in [-0.2, -0.15) is 0 Å². The van der Waals surface area contributed by atoms with Gasteiger partial charge in [0, 0.05) is 5.39 Å². The Morgan fingerprint density at radius 2 is 1.89 bits per heavy atom. The fourth-order valence-electron chi connectivity index (χ4n) is 3.23. The number of aliphatic imine (C=N–C) groups is 1. The van der Waals surface area contributed by atoms with Gasteiger partial charge in [-0.25, -0.2) is 15.0 Å². The van der Waals surface area contributed by atoms with Crippen LogP contribution >= 0.6 is 0 Å². The number of aromatic nitrogens is 2. The molecule has 0 saturated heterocycles. The first-order valence-corrected chi connectivity index (χ1v) is 9.05. The topological polar surface area (TPSA) is 88.5 Å². The van der Waals surface area contributed by atoms with Crippen LogP contribution in [0.5, 0.6) is 5.75 Å². The Hall–Kier alpha value is -3.48. The molecule has 142 valence electrons. The Balaban J connectivity index is 1.63. The van der Waals surface area contributed by atoms with Gasteiger partial charge in [0.1, 0.15) is 5.75 Å². The summed E-state index contributed by atoms with van der Waals surface area (Å²) in [6.45, 7) is 3.96. The highest BCUT2D eigenvalue weighted by Crippen LogP contribution is 2.26. The Morgan fingerprint density at radius 1 is 1.11 bits per heavy atom. The molecular weight excluding hydrogens is 354 g/mol. The third-order valence-electron chi connectivity index (χ3n) is 4.70. The molecule has 1 aliphatic heterocycles. The van der Waals surface area contributed by atoms with E-state index in [1.807, 2.05) is 56.3 Å². The average molecular weight is 375 g/mol. The second kappa shape index (κ2) is 7.26. The molecule has 7 nitrogen and oxygen atoms in total. The van der Waals surface area contributed by atoms with Crippen molar-refractivity contribution in [3.8, 4) is 5.75 Å². The van der Waals surface area contributed by atoms with Crippen LogP contribution in [0.25, 0.3) is 10.9 Å². The second-order valence-corrected chi connectivity index (χ2v) is 6.80. The van der Waals surface area contributed by atoms with Crippen LogP contribution in [0.2, 0.25) is 0 Å². The number of carbonyl (C=O) groups excluding carboxylic acids is 1. The van der Waals surface area contributed by atoms with Crippen LogP contribution < -0.4 is 15.4 Å². The van der Waals surface area contributed by atoms with Crippen LogP contribution in [0, 0.1) is 13.8 Å². The maximum Gasteiger partial charge on any atom is 0.230 e. The molecule has 0 saturated carbocycles. The van der Waals surface area contributed by atoms with Gasteiger partial charge in [0.15, 0.2) is 0 Å². The number of fused-ring (bicyclic) bond motifs is 1. The number of ether oxygens (including phenoxy) is 1. The molecule has 1 aromatic heterocycles. The quantitative estimate of drug-likeness (QED) is 0.733. The molecule has 1 atom stereocenters. The number of rotatable bonds is 3. The van der Waals surface area contributed by atoms with E-state index < -0.39 is 0 Å². The van der Waals surface area contributed by atoms with E-state index in [1.54, 1.807) is 7.11 Å². The summed E-state index contributed by atoms with van der Waals surface area (Å²) in [5.74, 6) is 1.42. The molecule has 2 N–H and O–H groups in total. The largest absolute Gasteiger partial charge is 0.497 e. The Morgan fingerprint density at radius 3 is 2.64 bits per heavy atom. The molecule has 1 aliphatic rings. The molecule has 1 amide bonds. The Bertz CT molecular complexity index is 1080. The summed E-state index contributed by atoms with van der Waals surface area (Å²) >= 11 is 0. The molecule has 0 unspecified atom stereocenters. The van der Waals surface area contributed by atoms with E-state index in [0.29, 0.717) is 11.9 Å². The van der Waals surface area contributed by atoms with Gasteiger partial charge in [0.25, 0.3) is 0 Å². The molecule has 0 fully saturated rings. The summed E-state index contributed by atoms with van der Waals surface area (Å²) in [6.07, 6.45) is 0.286. The number of benzene rings is 2. The van der Waals surface area contributed by atoms with E-state index in [0.717, 1.165) is 33.5 Å². The smallest absolute Gasteiger partial charge is 0.230 e. The maximum absolute atomic E-state index is 12.2. The summed E-state index contributed by atoms with van der Waals surface area (Å²) in [4.78, 5) is 25.9. The minimum Gasteiger partial charge on any atom is -0.497 e. The zero-order valence-corrected chi connectivity index (χ0v) is 16.0.